The maximum Gasteiger partial charge on any atom is 0.282 e. The predicted molar refractivity (Wildman–Crippen MR) is 76.0 cm³/mol. The number of aliphatic hydroxyl groups is 1. The highest BCUT2D eigenvalue weighted by molar-refractivity contribution is 7.98. The van der Waals surface area contributed by atoms with Crippen LogP contribution in [0.5, 0.6) is 0 Å². The molecule has 1 saturated heterocycles. The second-order valence-corrected chi connectivity index (χ2v) is 7.59. The van der Waals surface area contributed by atoms with Gasteiger partial charge in [0.2, 0.25) is 0 Å². The van der Waals surface area contributed by atoms with Gasteiger partial charge < -0.3 is 5.11 Å². The number of aliphatic hydroxyl groups excluding tert-OH is 1. The normalized spacial score (nSPS) is 22.6. The number of hydrogen-bond donors (Lipinski definition) is 1. The van der Waals surface area contributed by atoms with Crippen LogP contribution < -0.4 is 0 Å². The molecule has 1 aliphatic rings. The quantitative estimate of drug-likeness (QED) is 0.705. The minimum atomic E-state index is -3.41. The molecule has 1 rings (SSSR count). The zero-order valence-corrected chi connectivity index (χ0v) is 12.8. The summed E-state index contributed by atoms with van der Waals surface area (Å²) < 4.78 is 27.6. The smallest absolute Gasteiger partial charge is 0.282 e. The first kappa shape index (κ1) is 16.2. The Kier molecular flexibility index (Phi) is 6.94. The summed E-state index contributed by atoms with van der Waals surface area (Å²) in [5, 5.41) is 9.29. The molecular formula is C11H24N2O3S2. The van der Waals surface area contributed by atoms with E-state index in [1.54, 1.807) is 18.8 Å². The van der Waals surface area contributed by atoms with E-state index < -0.39 is 10.2 Å². The van der Waals surface area contributed by atoms with E-state index in [-0.39, 0.29) is 12.6 Å². The second kappa shape index (κ2) is 7.69. The molecule has 1 atom stereocenters. The van der Waals surface area contributed by atoms with E-state index in [1.165, 1.54) is 8.61 Å². The molecule has 0 radical (unpaired) electrons. The van der Waals surface area contributed by atoms with Gasteiger partial charge in [-0.15, -0.1) is 0 Å². The van der Waals surface area contributed by atoms with Crippen LogP contribution >= 0.6 is 11.8 Å². The van der Waals surface area contributed by atoms with Gasteiger partial charge in [0, 0.05) is 26.2 Å². The number of piperidine rings is 1. The second-order valence-electron chi connectivity index (χ2n) is 4.62. The molecule has 1 aliphatic heterocycles. The SMILES string of the molecule is CSCCCN(C)S(=O)(=O)N1CCCCC1CO. The molecule has 0 bridgehead atoms. The molecule has 7 heteroatoms. The minimum absolute atomic E-state index is 0.0854. The molecule has 0 amide bonds. The molecular weight excluding hydrogens is 272 g/mol. The Morgan fingerprint density at radius 1 is 1.44 bits per heavy atom. The van der Waals surface area contributed by atoms with Crippen LogP contribution in [-0.2, 0) is 10.2 Å². The molecule has 0 aromatic heterocycles. The largest absolute Gasteiger partial charge is 0.395 e. The molecule has 1 N–H and O–H groups in total. The Hall–Kier alpha value is 0.180. The van der Waals surface area contributed by atoms with Crippen LogP contribution in [0, 0.1) is 0 Å². The maximum absolute atomic E-state index is 12.4. The Labute approximate surface area is 115 Å². The van der Waals surface area contributed by atoms with E-state index >= 15 is 0 Å². The van der Waals surface area contributed by atoms with Gasteiger partial charge in [0.05, 0.1) is 6.61 Å². The van der Waals surface area contributed by atoms with Gasteiger partial charge in [0.15, 0.2) is 0 Å². The van der Waals surface area contributed by atoms with Crippen LogP contribution in [0.25, 0.3) is 0 Å². The lowest BCUT2D eigenvalue weighted by molar-refractivity contribution is 0.149. The van der Waals surface area contributed by atoms with E-state index in [0.717, 1.165) is 31.4 Å². The first-order chi connectivity index (χ1) is 8.54. The molecule has 1 unspecified atom stereocenters. The van der Waals surface area contributed by atoms with Gasteiger partial charge in [0.1, 0.15) is 0 Å². The van der Waals surface area contributed by atoms with Crippen molar-refractivity contribution in [3.63, 3.8) is 0 Å². The van der Waals surface area contributed by atoms with Crippen molar-refractivity contribution in [2.24, 2.45) is 0 Å². The fourth-order valence-corrected chi connectivity index (χ4v) is 4.23. The number of thioether (sulfide) groups is 1. The van der Waals surface area contributed by atoms with Crippen molar-refractivity contribution in [2.45, 2.75) is 31.7 Å². The third kappa shape index (κ3) is 4.09. The Balaban J connectivity index is 2.65. The highest BCUT2D eigenvalue weighted by atomic mass is 32.2. The summed E-state index contributed by atoms with van der Waals surface area (Å²) >= 11 is 1.72. The lowest BCUT2D eigenvalue weighted by atomic mass is 10.1. The zero-order chi connectivity index (χ0) is 13.6. The highest BCUT2D eigenvalue weighted by Gasteiger charge is 2.34. The fraction of sp³-hybridized carbons (Fsp3) is 1.00. The lowest BCUT2D eigenvalue weighted by Gasteiger charge is -2.36. The van der Waals surface area contributed by atoms with E-state index in [1.807, 2.05) is 6.26 Å². The fourth-order valence-electron chi connectivity index (χ4n) is 2.19. The van der Waals surface area contributed by atoms with Gasteiger partial charge in [-0.1, -0.05) is 6.42 Å². The number of nitrogens with zero attached hydrogens (tertiary/aromatic N) is 2. The van der Waals surface area contributed by atoms with Crippen molar-refractivity contribution >= 4 is 22.0 Å². The zero-order valence-electron chi connectivity index (χ0n) is 11.2. The summed E-state index contributed by atoms with van der Waals surface area (Å²) in [7, 11) is -1.78. The monoisotopic (exact) mass is 296 g/mol. The van der Waals surface area contributed by atoms with Crippen molar-refractivity contribution in [1.29, 1.82) is 0 Å². The molecule has 5 nitrogen and oxygen atoms in total. The third-order valence-corrected chi connectivity index (χ3v) is 6.04. The van der Waals surface area contributed by atoms with Gasteiger partial charge in [0.25, 0.3) is 10.2 Å². The summed E-state index contributed by atoms with van der Waals surface area (Å²) in [5.41, 5.74) is 0. The Morgan fingerprint density at radius 2 is 2.17 bits per heavy atom. The van der Waals surface area contributed by atoms with E-state index in [4.69, 9.17) is 0 Å². The van der Waals surface area contributed by atoms with E-state index in [2.05, 4.69) is 0 Å². The van der Waals surface area contributed by atoms with Gasteiger partial charge >= 0.3 is 0 Å². The molecule has 0 aromatic carbocycles. The minimum Gasteiger partial charge on any atom is -0.395 e. The maximum atomic E-state index is 12.4. The van der Waals surface area contributed by atoms with Crippen molar-refractivity contribution in [1.82, 2.24) is 8.61 Å². The van der Waals surface area contributed by atoms with Crippen molar-refractivity contribution in [3.8, 4) is 0 Å². The van der Waals surface area contributed by atoms with Crippen LogP contribution in [0.1, 0.15) is 25.7 Å². The molecule has 0 spiro atoms. The van der Waals surface area contributed by atoms with Crippen LogP contribution in [0.2, 0.25) is 0 Å². The average Bonchev–Trinajstić information content (AvgIpc) is 2.38. The third-order valence-electron chi connectivity index (χ3n) is 3.30. The van der Waals surface area contributed by atoms with Crippen molar-refractivity contribution in [2.75, 3.05) is 38.8 Å². The van der Waals surface area contributed by atoms with Crippen LogP contribution in [-0.4, -0.2) is 66.9 Å². The molecule has 0 aliphatic carbocycles. The first-order valence-corrected chi connectivity index (χ1v) is 9.16. The number of rotatable bonds is 7. The Bertz CT molecular complexity index is 335. The van der Waals surface area contributed by atoms with Crippen LogP contribution in [0.15, 0.2) is 0 Å². The topological polar surface area (TPSA) is 60.9 Å². The van der Waals surface area contributed by atoms with Gasteiger partial charge in [-0.3, -0.25) is 0 Å². The van der Waals surface area contributed by atoms with Gasteiger partial charge in [-0.25, -0.2) is 0 Å². The van der Waals surface area contributed by atoms with Crippen molar-refractivity contribution in [3.05, 3.63) is 0 Å². The molecule has 1 heterocycles. The predicted octanol–water partition coefficient (Wildman–Crippen LogP) is 0.763. The number of hydrogen-bond acceptors (Lipinski definition) is 4. The molecule has 1 fully saturated rings. The summed E-state index contributed by atoms with van der Waals surface area (Å²) in [6.45, 7) is 0.982. The summed E-state index contributed by atoms with van der Waals surface area (Å²) in [5.74, 6) is 0.962. The molecule has 0 aromatic rings. The van der Waals surface area contributed by atoms with E-state index in [9.17, 15) is 13.5 Å². The van der Waals surface area contributed by atoms with Gasteiger partial charge in [-0.05, 0) is 31.3 Å². The standard InChI is InChI=1S/C11H24N2O3S2/c1-12(7-5-9-17-2)18(15,16)13-8-4-3-6-11(13)10-14/h11,14H,3-10H2,1-2H3. The Morgan fingerprint density at radius 3 is 2.78 bits per heavy atom. The van der Waals surface area contributed by atoms with E-state index in [0.29, 0.717) is 13.1 Å². The summed E-state index contributed by atoms with van der Waals surface area (Å²) in [6, 6.07) is -0.244. The molecule has 18 heavy (non-hydrogen) atoms. The van der Waals surface area contributed by atoms with Crippen LogP contribution in [0.4, 0.5) is 0 Å². The van der Waals surface area contributed by atoms with Gasteiger partial charge in [-0.2, -0.15) is 28.8 Å². The summed E-state index contributed by atoms with van der Waals surface area (Å²) in [4.78, 5) is 0. The average molecular weight is 296 g/mol. The molecule has 108 valence electrons. The van der Waals surface area contributed by atoms with Crippen LogP contribution in [0.3, 0.4) is 0 Å². The molecule has 0 saturated carbocycles. The summed E-state index contributed by atoms with van der Waals surface area (Å²) in [6.07, 6.45) is 5.51. The highest BCUT2D eigenvalue weighted by Crippen LogP contribution is 2.21. The van der Waals surface area contributed by atoms with Crippen molar-refractivity contribution < 1.29 is 13.5 Å². The lowest BCUT2D eigenvalue weighted by Crippen LogP contribution is -2.51. The first-order valence-electron chi connectivity index (χ1n) is 6.37.